The van der Waals surface area contributed by atoms with E-state index >= 15 is 0 Å². The summed E-state index contributed by atoms with van der Waals surface area (Å²) in [7, 11) is 0. The van der Waals surface area contributed by atoms with E-state index in [1.165, 1.54) is 0 Å². The number of piperidine rings is 1. The summed E-state index contributed by atoms with van der Waals surface area (Å²) in [6.45, 7) is 7.42. The van der Waals surface area contributed by atoms with Crippen LogP contribution in [-0.4, -0.2) is 41.3 Å². The topological polar surface area (TPSA) is 103 Å². The Bertz CT molecular complexity index is 1060. The molecule has 4 rings (SSSR count). The van der Waals surface area contributed by atoms with Gasteiger partial charge in [-0.15, -0.1) is 0 Å². The zero-order valence-electron chi connectivity index (χ0n) is 18.5. The summed E-state index contributed by atoms with van der Waals surface area (Å²) in [5.41, 5.74) is 2.31. The number of ether oxygens (including phenoxy) is 1. The van der Waals surface area contributed by atoms with Crippen molar-refractivity contribution in [2.75, 3.05) is 23.3 Å². The Morgan fingerprint density at radius 2 is 2.09 bits per heavy atom. The molecule has 32 heavy (non-hydrogen) atoms. The van der Waals surface area contributed by atoms with Crippen molar-refractivity contribution >= 4 is 35.0 Å². The minimum Gasteiger partial charge on any atom is -0.447 e. The lowest BCUT2D eigenvalue weighted by molar-refractivity contribution is 0.113. The Labute approximate surface area is 192 Å². The maximum Gasteiger partial charge on any atom is 0.407 e. The molecule has 9 heteroatoms. The Morgan fingerprint density at radius 3 is 2.75 bits per heavy atom. The van der Waals surface area contributed by atoms with Gasteiger partial charge < -0.3 is 20.3 Å². The Balaban J connectivity index is 1.40. The Hall–Kier alpha value is -3.05. The molecule has 1 aliphatic heterocycles. The van der Waals surface area contributed by atoms with E-state index in [9.17, 15) is 4.79 Å². The summed E-state index contributed by atoms with van der Waals surface area (Å²) < 4.78 is 5.21. The van der Waals surface area contributed by atoms with E-state index in [2.05, 4.69) is 31.6 Å². The number of nitrogens with zero attached hydrogens (tertiary/aromatic N) is 4. The van der Waals surface area contributed by atoms with Crippen molar-refractivity contribution in [2.24, 2.45) is 5.41 Å². The normalized spacial score (nSPS) is 18.9. The summed E-state index contributed by atoms with van der Waals surface area (Å²) in [5, 5.41) is 15.8. The molecule has 0 bridgehead atoms. The molecule has 1 saturated heterocycles. The number of alkyl carbamates (subject to hydrolysis) is 1. The first-order chi connectivity index (χ1) is 15.3. The zero-order chi connectivity index (χ0) is 22.9. The van der Waals surface area contributed by atoms with Crippen LogP contribution in [-0.2, 0) is 4.74 Å². The van der Waals surface area contributed by atoms with Gasteiger partial charge in [0, 0.05) is 24.7 Å². The molecule has 1 aliphatic carbocycles. The molecule has 1 aromatic heterocycles. The van der Waals surface area contributed by atoms with Crippen molar-refractivity contribution in [3.8, 4) is 6.07 Å². The number of benzene rings is 1. The molecule has 1 saturated carbocycles. The number of halogens is 1. The number of hydrogen-bond acceptors (Lipinski definition) is 7. The van der Waals surface area contributed by atoms with Crippen molar-refractivity contribution in [3.63, 3.8) is 0 Å². The standard InChI is InChI=1S/C23H27ClN6O2/c1-14(2)32-22(31)29-19-11-23(19)6-8-30(9-7-23)21-15(3)20(26-13-27-21)28-18-5-4-16(12-25)10-17(18)24/h4-5,10,13-14,19H,6-9,11H2,1-3H3,(H,29,31)(H,26,27,28). The third-order valence-corrected chi connectivity index (χ3v) is 6.60. The van der Waals surface area contributed by atoms with Crippen LogP contribution in [0.1, 0.15) is 44.2 Å². The van der Waals surface area contributed by atoms with Gasteiger partial charge >= 0.3 is 6.09 Å². The van der Waals surface area contributed by atoms with Crippen LogP contribution in [0.3, 0.4) is 0 Å². The van der Waals surface area contributed by atoms with Gasteiger partial charge in [-0.25, -0.2) is 14.8 Å². The largest absolute Gasteiger partial charge is 0.447 e. The molecule has 1 aromatic carbocycles. The first kappa shape index (κ1) is 22.2. The van der Waals surface area contributed by atoms with Gasteiger partial charge in [-0.05, 0) is 63.6 Å². The number of rotatable bonds is 5. The maximum absolute atomic E-state index is 11.9. The average Bonchev–Trinajstić information content (AvgIpc) is 3.41. The molecule has 1 spiro atoms. The van der Waals surface area contributed by atoms with Crippen molar-refractivity contribution in [3.05, 3.63) is 40.7 Å². The molecule has 2 aliphatic rings. The van der Waals surface area contributed by atoms with E-state index in [-0.39, 0.29) is 23.7 Å². The van der Waals surface area contributed by atoms with E-state index in [0.29, 0.717) is 22.1 Å². The Morgan fingerprint density at radius 1 is 1.34 bits per heavy atom. The molecule has 2 heterocycles. The summed E-state index contributed by atoms with van der Waals surface area (Å²) in [5.74, 6) is 1.58. The van der Waals surface area contributed by atoms with Gasteiger partial charge in [0.1, 0.15) is 18.0 Å². The molecule has 0 radical (unpaired) electrons. The lowest BCUT2D eigenvalue weighted by atomic mass is 9.92. The van der Waals surface area contributed by atoms with Gasteiger partial charge in [-0.2, -0.15) is 5.26 Å². The lowest BCUT2D eigenvalue weighted by Gasteiger charge is -2.34. The number of anilines is 3. The van der Waals surface area contributed by atoms with Gasteiger partial charge in [0.05, 0.1) is 28.4 Å². The van der Waals surface area contributed by atoms with Crippen LogP contribution in [0.25, 0.3) is 0 Å². The van der Waals surface area contributed by atoms with Crippen molar-refractivity contribution < 1.29 is 9.53 Å². The predicted octanol–water partition coefficient (Wildman–Crippen LogP) is 4.55. The molecule has 168 valence electrons. The molecule has 1 atom stereocenters. The van der Waals surface area contributed by atoms with Crippen LogP contribution in [0, 0.1) is 23.7 Å². The molecule has 2 N–H and O–H groups in total. The minimum atomic E-state index is -0.326. The fourth-order valence-corrected chi connectivity index (χ4v) is 4.59. The second-order valence-electron chi connectivity index (χ2n) is 8.81. The lowest BCUT2D eigenvalue weighted by Crippen LogP contribution is -2.40. The number of nitrogens with one attached hydrogen (secondary N) is 2. The summed E-state index contributed by atoms with van der Waals surface area (Å²) >= 11 is 6.31. The number of nitriles is 1. The van der Waals surface area contributed by atoms with Crippen molar-refractivity contribution in [2.45, 2.75) is 52.2 Å². The molecule has 8 nitrogen and oxygen atoms in total. The van der Waals surface area contributed by atoms with Crippen LogP contribution in [0.2, 0.25) is 5.02 Å². The number of hydrogen-bond donors (Lipinski definition) is 2. The van der Waals surface area contributed by atoms with Crippen LogP contribution >= 0.6 is 11.6 Å². The average molecular weight is 455 g/mol. The zero-order valence-corrected chi connectivity index (χ0v) is 19.2. The van der Waals surface area contributed by atoms with E-state index in [1.54, 1.807) is 24.5 Å². The van der Waals surface area contributed by atoms with E-state index in [1.807, 2.05) is 20.8 Å². The molecular formula is C23H27ClN6O2. The number of amides is 1. The van der Waals surface area contributed by atoms with Crippen LogP contribution < -0.4 is 15.5 Å². The van der Waals surface area contributed by atoms with Gasteiger partial charge in [0.25, 0.3) is 0 Å². The first-order valence-corrected chi connectivity index (χ1v) is 11.2. The third kappa shape index (κ3) is 4.58. The number of carbonyl (C=O) groups is 1. The Kier molecular flexibility index (Phi) is 6.11. The predicted molar refractivity (Wildman–Crippen MR) is 123 cm³/mol. The van der Waals surface area contributed by atoms with Crippen LogP contribution in [0.4, 0.5) is 22.1 Å². The highest BCUT2D eigenvalue weighted by atomic mass is 35.5. The van der Waals surface area contributed by atoms with Gasteiger partial charge in [0.15, 0.2) is 0 Å². The van der Waals surface area contributed by atoms with Gasteiger partial charge in [0.2, 0.25) is 0 Å². The fourth-order valence-electron chi connectivity index (χ4n) is 4.36. The SMILES string of the molecule is Cc1c(Nc2ccc(C#N)cc2Cl)ncnc1N1CCC2(CC1)CC2NC(=O)OC(C)C. The first-order valence-electron chi connectivity index (χ1n) is 10.8. The fraction of sp³-hybridized carbons (Fsp3) is 0.478. The second kappa shape index (κ2) is 8.83. The molecule has 2 aromatic rings. The molecule has 2 fully saturated rings. The molecular weight excluding hydrogens is 428 g/mol. The molecule has 1 amide bonds. The number of aromatic nitrogens is 2. The summed E-state index contributed by atoms with van der Waals surface area (Å²) in [4.78, 5) is 23.1. The minimum absolute atomic E-state index is 0.116. The monoisotopic (exact) mass is 454 g/mol. The highest BCUT2D eigenvalue weighted by Crippen LogP contribution is 2.54. The second-order valence-corrected chi connectivity index (χ2v) is 9.21. The highest BCUT2D eigenvalue weighted by molar-refractivity contribution is 6.33. The van der Waals surface area contributed by atoms with E-state index < -0.39 is 0 Å². The summed E-state index contributed by atoms with van der Waals surface area (Å²) in [6.07, 6.45) is 4.10. The molecule has 1 unspecified atom stereocenters. The third-order valence-electron chi connectivity index (χ3n) is 6.29. The van der Waals surface area contributed by atoms with Crippen molar-refractivity contribution in [1.29, 1.82) is 5.26 Å². The van der Waals surface area contributed by atoms with Crippen molar-refractivity contribution in [1.82, 2.24) is 15.3 Å². The van der Waals surface area contributed by atoms with Crippen LogP contribution in [0.5, 0.6) is 0 Å². The number of carbonyl (C=O) groups excluding carboxylic acids is 1. The highest BCUT2D eigenvalue weighted by Gasteiger charge is 2.56. The summed E-state index contributed by atoms with van der Waals surface area (Å²) in [6, 6.07) is 7.39. The van der Waals surface area contributed by atoms with Gasteiger partial charge in [-0.3, -0.25) is 0 Å². The van der Waals surface area contributed by atoms with Crippen LogP contribution in [0.15, 0.2) is 24.5 Å². The maximum atomic E-state index is 11.9. The van der Waals surface area contributed by atoms with E-state index in [0.717, 1.165) is 43.7 Å². The quantitative estimate of drug-likeness (QED) is 0.683. The smallest absolute Gasteiger partial charge is 0.407 e. The van der Waals surface area contributed by atoms with E-state index in [4.69, 9.17) is 21.6 Å². The van der Waals surface area contributed by atoms with Gasteiger partial charge in [-0.1, -0.05) is 11.6 Å².